The van der Waals surface area contributed by atoms with Crippen molar-refractivity contribution in [1.29, 1.82) is 0 Å². The lowest BCUT2D eigenvalue weighted by Crippen LogP contribution is -2.26. The molecule has 0 radical (unpaired) electrons. The van der Waals surface area contributed by atoms with E-state index in [1.54, 1.807) is 30.9 Å². The zero-order chi connectivity index (χ0) is 29.4. The Kier molecular flexibility index (Phi) is 10.6. The Morgan fingerprint density at radius 1 is 1.07 bits per heavy atom. The van der Waals surface area contributed by atoms with Crippen molar-refractivity contribution in [2.75, 3.05) is 13.7 Å². The summed E-state index contributed by atoms with van der Waals surface area (Å²) >= 11 is 6.75. The summed E-state index contributed by atoms with van der Waals surface area (Å²) < 4.78 is 12.7. The third-order valence-corrected chi connectivity index (χ3v) is 6.49. The van der Waals surface area contributed by atoms with Gasteiger partial charge in [-0.25, -0.2) is 9.97 Å². The van der Waals surface area contributed by atoms with E-state index in [9.17, 15) is 9.59 Å². The summed E-state index contributed by atoms with van der Waals surface area (Å²) in [7, 11) is 2.76. The number of aliphatic hydroxyl groups excluding tert-OH is 1. The number of nitrogens with zero attached hydrogens (tertiary/aromatic N) is 3. The first-order valence-electron chi connectivity index (χ1n) is 13.0. The quantitative estimate of drug-likeness (QED) is 0.319. The Morgan fingerprint density at radius 3 is 2.40 bits per heavy atom. The van der Waals surface area contributed by atoms with Gasteiger partial charge in [-0.3, -0.25) is 4.79 Å². The van der Waals surface area contributed by atoms with Crippen LogP contribution in [0.5, 0.6) is 5.75 Å². The predicted molar refractivity (Wildman–Crippen MR) is 159 cm³/mol. The average Bonchev–Trinajstić information content (AvgIpc) is 2.96. The molecule has 212 valence electrons. The molecule has 5 rings (SSSR count). The highest BCUT2D eigenvalue weighted by Gasteiger charge is 2.20. The Bertz CT molecular complexity index is 1510. The zero-order valence-corrected chi connectivity index (χ0v) is 24.5. The van der Waals surface area contributed by atoms with Gasteiger partial charge in [0.1, 0.15) is 24.5 Å². The van der Waals surface area contributed by atoms with E-state index in [2.05, 4.69) is 16.0 Å². The minimum absolute atomic E-state index is 0.0622. The number of aromatic nitrogens is 3. The van der Waals surface area contributed by atoms with Gasteiger partial charge in [0.2, 0.25) is 0 Å². The van der Waals surface area contributed by atoms with Crippen molar-refractivity contribution < 1.29 is 19.4 Å². The van der Waals surface area contributed by atoms with Crippen LogP contribution >= 0.6 is 11.6 Å². The lowest BCUT2D eigenvalue weighted by atomic mass is 9.95. The summed E-state index contributed by atoms with van der Waals surface area (Å²) in [5, 5.41) is 9.08. The summed E-state index contributed by atoms with van der Waals surface area (Å²) in [6.45, 7) is 8.18. The van der Waals surface area contributed by atoms with E-state index in [0.717, 1.165) is 65.2 Å². The SMILES string of the molecule is CO.C[C@H](C=O)OC(C)(C)C.Cn1cc(-c2ccc3c(c2Cl)OCCC3)c2ccc(-c3cncnc3)cc2c1=O. The van der Waals surface area contributed by atoms with Gasteiger partial charge in [-0.05, 0) is 63.1 Å². The molecular weight excluding hydrogens is 530 g/mol. The number of benzene rings is 2. The molecule has 3 heterocycles. The van der Waals surface area contributed by atoms with Crippen LogP contribution < -0.4 is 10.3 Å². The Labute approximate surface area is 239 Å². The average molecular weight is 566 g/mol. The molecule has 40 heavy (non-hydrogen) atoms. The number of aldehydes is 1. The highest BCUT2D eigenvalue weighted by atomic mass is 35.5. The Morgan fingerprint density at radius 2 is 1.77 bits per heavy atom. The Balaban J connectivity index is 0.000000345. The van der Waals surface area contributed by atoms with Crippen molar-refractivity contribution in [3.05, 3.63) is 76.2 Å². The number of carbonyl (C=O) groups excluding carboxylic acids is 1. The van der Waals surface area contributed by atoms with Crippen LogP contribution in [-0.2, 0) is 23.0 Å². The molecular formula is C31H36ClN3O5. The molecule has 2 aromatic heterocycles. The molecule has 2 aromatic carbocycles. The maximum absolute atomic E-state index is 12.9. The molecule has 1 aliphatic heterocycles. The second-order valence-corrected chi connectivity index (χ2v) is 10.7. The molecule has 0 fully saturated rings. The van der Waals surface area contributed by atoms with Crippen LogP contribution in [0.2, 0.25) is 5.02 Å². The fraction of sp³-hybridized carbons (Fsp3) is 0.355. The topological polar surface area (TPSA) is 104 Å². The Hall–Kier alpha value is -3.59. The van der Waals surface area contributed by atoms with Crippen molar-refractivity contribution >= 4 is 28.7 Å². The molecule has 0 saturated heterocycles. The molecule has 0 unspecified atom stereocenters. The van der Waals surface area contributed by atoms with Gasteiger partial charge >= 0.3 is 0 Å². The summed E-state index contributed by atoms with van der Waals surface area (Å²) in [4.78, 5) is 31.1. The minimum Gasteiger partial charge on any atom is -0.492 e. The van der Waals surface area contributed by atoms with Gasteiger partial charge in [-0.15, -0.1) is 0 Å². The van der Waals surface area contributed by atoms with Crippen molar-refractivity contribution in [1.82, 2.24) is 14.5 Å². The molecule has 0 amide bonds. The van der Waals surface area contributed by atoms with Crippen LogP contribution in [-0.4, -0.2) is 51.3 Å². The number of hydrogen-bond acceptors (Lipinski definition) is 7. The highest BCUT2D eigenvalue weighted by molar-refractivity contribution is 6.35. The van der Waals surface area contributed by atoms with Gasteiger partial charge in [-0.2, -0.15) is 0 Å². The van der Waals surface area contributed by atoms with Gasteiger partial charge in [0, 0.05) is 54.8 Å². The lowest BCUT2D eigenvalue weighted by Gasteiger charge is -2.21. The third kappa shape index (κ3) is 7.33. The van der Waals surface area contributed by atoms with E-state index in [1.807, 2.05) is 51.2 Å². The number of rotatable bonds is 4. The normalized spacial score (nSPS) is 13.1. The zero-order valence-electron chi connectivity index (χ0n) is 23.8. The first kappa shape index (κ1) is 30.9. The number of fused-ring (bicyclic) bond motifs is 2. The second-order valence-electron chi connectivity index (χ2n) is 10.3. The highest BCUT2D eigenvalue weighted by Crippen LogP contribution is 2.42. The standard InChI is InChI=1S/C23H18ClN3O2.C7H14O2.CH4O/c1-27-12-20(18-7-4-14-3-2-8-29-22(14)21(18)24)17-6-5-15(9-19(17)23(27)28)16-10-25-13-26-11-16;1-6(5-8)9-7(2,3)4;1-2/h4-7,9-13H,2-3,8H2,1H3;5-6H,1-4H3;2H,1H3/t;6-;/m.1./s1. The molecule has 0 bridgehead atoms. The molecule has 9 heteroatoms. The molecule has 0 aliphatic carbocycles. The fourth-order valence-electron chi connectivity index (χ4n) is 4.49. The lowest BCUT2D eigenvalue weighted by molar-refractivity contribution is -0.125. The minimum atomic E-state index is -0.287. The van der Waals surface area contributed by atoms with Gasteiger partial charge in [-0.1, -0.05) is 35.9 Å². The largest absolute Gasteiger partial charge is 0.492 e. The maximum atomic E-state index is 12.9. The fourth-order valence-corrected chi connectivity index (χ4v) is 4.83. The molecule has 1 atom stereocenters. The summed E-state index contributed by atoms with van der Waals surface area (Å²) in [5.41, 5.74) is 4.39. The van der Waals surface area contributed by atoms with Crippen molar-refractivity contribution in [2.45, 2.75) is 52.2 Å². The summed E-state index contributed by atoms with van der Waals surface area (Å²) in [6.07, 6.45) is 9.27. The van der Waals surface area contributed by atoms with Crippen molar-refractivity contribution in [3.63, 3.8) is 0 Å². The smallest absolute Gasteiger partial charge is 0.258 e. The van der Waals surface area contributed by atoms with E-state index in [-0.39, 0.29) is 17.3 Å². The summed E-state index contributed by atoms with van der Waals surface area (Å²) in [5.74, 6) is 0.760. The molecule has 1 aliphatic rings. The predicted octanol–water partition coefficient (Wildman–Crippen LogP) is 5.64. The van der Waals surface area contributed by atoms with Crippen LogP contribution in [0.4, 0.5) is 0 Å². The van der Waals surface area contributed by atoms with E-state index in [1.165, 1.54) is 6.33 Å². The third-order valence-electron chi connectivity index (χ3n) is 6.11. The molecule has 1 N–H and O–H groups in total. The van der Waals surface area contributed by atoms with E-state index >= 15 is 0 Å². The van der Waals surface area contributed by atoms with Crippen molar-refractivity contribution in [3.8, 4) is 28.0 Å². The molecule has 0 saturated carbocycles. The van der Waals surface area contributed by atoms with Gasteiger partial charge in [0.15, 0.2) is 0 Å². The maximum Gasteiger partial charge on any atom is 0.258 e. The summed E-state index contributed by atoms with van der Waals surface area (Å²) in [6, 6.07) is 9.93. The van der Waals surface area contributed by atoms with Gasteiger partial charge < -0.3 is 23.9 Å². The monoisotopic (exact) mass is 565 g/mol. The first-order valence-corrected chi connectivity index (χ1v) is 13.4. The number of aliphatic hydroxyl groups is 1. The van der Waals surface area contributed by atoms with E-state index in [0.29, 0.717) is 17.0 Å². The second kappa shape index (κ2) is 13.7. The molecule has 0 spiro atoms. The van der Waals surface area contributed by atoms with Crippen molar-refractivity contribution in [2.24, 2.45) is 7.05 Å². The molecule has 8 nitrogen and oxygen atoms in total. The van der Waals surface area contributed by atoms with Crippen LogP contribution in [0.15, 0.2) is 60.0 Å². The van der Waals surface area contributed by atoms with Gasteiger partial charge in [0.05, 0.1) is 17.2 Å². The number of carbonyl (C=O) groups is 1. The van der Waals surface area contributed by atoms with Gasteiger partial charge in [0.25, 0.3) is 5.56 Å². The first-order chi connectivity index (χ1) is 19.1. The van der Waals surface area contributed by atoms with E-state index < -0.39 is 0 Å². The number of halogens is 1. The van der Waals surface area contributed by atoms with Crippen LogP contribution in [0.1, 0.15) is 39.7 Å². The number of ether oxygens (including phenoxy) is 2. The number of hydrogen-bond donors (Lipinski definition) is 1. The van der Waals surface area contributed by atoms with Crippen LogP contribution in [0.25, 0.3) is 33.0 Å². The van der Waals surface area contributed by atoms with Crippen LogP contribution in [0.3, 0.4) is 0 Å². The number of aryl methyl sites for hydroxylation is 2. The molecule has 4 aromatic rings. The number of pyridine rings is 1. The van der Waals surface area contributed by atoms with E-state index in [4.69, 9.17) is 26.2 Å². The van der Waals surface area contributed by atoms with Crippen LogP contribution in [0, 0.1) is 0 Å².